The van der Waals surface area contributed by atoms with E-state index in [-0.39, 0.29) is 18.0 Å². The number of nitrogens with one attached hydrogen (secondary N) is 2. The number of carbonyl (C=O) groups excluding carboxylic acids is 2. The maximum atomic E-state index is 12.9. The molecule has 1 atom stereocenters. The van der Waals surface area contributed by atoms with Crippen molar-refractivity contribution in [2.24, 2.45) is 0 Å². The van der Waals surface area contributed by atoms with Crippen LogP contribution in [0.4, 0.5) is 10.5 Å². The average Bonchev–Trinajstić information content (AvgIpc) is 2.70. The molecule has 2 N–H and O–H groups in total. The number of piperazine rings is 2. The average molecular weight is 440 g/mol. The Morgan fingerprint density at radius 1 is 1.14 bits per heavy atom. The number of halogens is 2. The number of amides is 3. The summed E-state index contributed by atoms with van der Waals surface area (Å²) in [6, 6.07) is 4.55. The van der Waals surface area contributed by atoms with Crippen molar-refractivity contribution in [3.05, 3.63) is 40.4 Å². The Hall–Kier alpha value is -1.80. The van der Waals surface area contributed by atoms with Gasteiger partial charge >= 0.3 is 6.03 Å². The van der Waals surface area contributed by atoms with Crippen LogP contribution in [0.2, 0.25) is 10.0 Å². The quantitative estimate of drug-likeness (QED) is 0.707. The van der Waals surface area contributed by atoms with Crippen LogP contribution < -0.4 is 10.6 Å². The highest BCUT2D eigenvalue weighted by molar-refractivity contribution is 6.42. The summed E-state index contributed by atoms with van der Waals surface area (Å²) in [7, 11) is 0. The van der Waals surface area contributed by atoms with E-state index in [2.05, 4.69) is 22.1 Å². The van der Waals surface area contributed by atoms with Gasteiger partial charge in [-0.3, -0.25) is 9.69 Å². The molecule has 1 aromatic rings. The van der Waals surface area contributed by atoms with E-state index in [9.17, 15) is 9.59 Å². The van der Waals surface area contributed by atoms with Crippen molar-refractivity contribution in [1.29, 1.82) is 0 Å². The zero-order valence-corrected chi connectivity index (χ0v) is 18.1. The van der Waals surface area contributed by atoms with Gasteiger partial charge in [-0.1, -0.05) is 35.4 Å². The number of nitrogens with zero attached hydrogens (tertiary/aromatic N) is 3. The number of carbonyl (C=O) groups is 2. The van der Waals surface area contributed by atoms with Gasteiger partial charge in [0, 0.05) is 58.0 Å². The van der Waals surface area contributed by atoms with Crippen molar-refractivity contribution in [2.45, 2.75) is 13.0 Å². The molecule has 9 heteroatoms. The van der Waals surface area contributed by atoms with E-state index in [0.29, 0.717) is 48.5 Å². The fourth-order valence-corrected chi connectivity index (χ4v) is 3.93. The van der Waals surface area contributed by atoms with Crippen molar-refractivity contribution >= 4 is 40.8 Å². The van der Waals surface area contributed by atoms with Gasteiger partial charge in [-0.05, 0) is 25.1 Å². The molecule has 0 aliphatic carbocycles. The minimum absolute atomic E-state index is 0.0981. The highest BCUT2D eigenvalue weighted by Crippen LogP contribution is 2.25. The molecular weight excluding hydrogens is 413 g/mol. The Balaban J connectivity index is 1.49. The lowest BCUT2D eigenvalue weighted by Gasteiger charge is -2.39. The van der Waals surface area contributed by atoms with E-state index in [4.69, 9.17) is 23.2 Å². The number of urea groups is 1. The van der Waals surface area contributed by atoms with Gasteiger partial charge in [0.25, 0.3) is 0 Å². The van der Waals surface area contributed by atoms with Crippen LogP contribution in [0.5, 0.6) is 0 Å². The third-order valence-electron chi connectivity index (χ3n) is 5.10. The molecule has 0 aromatic heterocycles. The molecule has 1 aromatic carbocycles. The Kier molecular flexibility index (Phi) is 7.40. The molecular formula is C20H27Cl2N5O2. The normalized spacial score (nSPS) is 20.4. The fourth-order valence-electron chi connectivity index (χ4n) is 3.63. The van der Waals surface area contributed by atoms with Crippen LogP contribution in [0, 0.1) is 0 Å². The summed E-state index contributed by atoms with van der Waals surface area (Å²) >= 11 is 11.9. The lowest BCUT2D eigenvalue weighted by atomic mass is 10.1. The highest BCUT2D eigenvalue weighted by atomic mass is 35.5. The van der Waals surface area contributed by atoms with E-state index in [1.165, 1.54) is 0 Å². The van der Waals surface area contributed by atoms with E-state index in [1.807, 2.05) is 11.8 Å². The molecule has 0 spiro atoms. The molecule has 0 saturated carbocycles. The number of hydrogen-bond acceptors (Lipinski definition) is 4. The molecule has 2 heterocycles. The van der Waals surface area contributed by atoms with Crippen molar-refractivity contribution in [3.8, 4) is 0 Å². The van der Waals surface area contributed by atoms with Crippen LogP contribution in [-0.2, 0) is 4.79 Å². The lowest BCUT2D eigenvalue weighted by molar-refractivity contribution is -0.136. The third kappa shape index (κ3) is 5.85. The number of anilines is 1. The molecule has 0 radical (unpaired) electrons. The minimum Gasteiger partial charge on any atom is -0.338 e. The molecule has 2 saturated heterocycles. The molecule has 7 nitrogen and oxygen atoms in total. The summed E-state index contributed by atoms with van der Waals surface area (Å²) in [4.78, 5) is 31.2. The van der Waals surface area contributed by atoms with Gasteiger partial charge < -0.3 is 20.4 Å². The third-order valence-corrected chi connectivity index (χ3v) is 5.84. The van der Waals surface area contributed by atoms with E-state index < -0.39 is 0 Å². The van der Waals surface area contributed by atoms with Crippen LogP contribution in [0.3, 0.4) is 0 Å². The number of benzene rings is 1. The van der Waals surface area contributed by atoms with Crippen LogP contribution >= 0.6 is 23.2 Å². The summed E-state index contributed by atoms with van der Waals surface area (Å²) in [5.74, 6) is 0.0981. The largest absolute Gasteiger partial charge is 0.338 e. The first-order valence-corrected chi connectivity index (χ1v) is 10.5. The Morgan fingerprint density at radius 3 is 2.48 bits per heavy atom. The second-order valence-corrected chi connectivity index (χ2v) is 8.38. The lowest BCUT2D eigenvalue weighted by Crippen LogP contribution is -2.61. The minimum atomic E-state index is -0.209. The van der Waals surface area contributed by atoms with Crippen LogP contribution in [-0.4, -0.2) is 85.0 Å². The van der Waals surface area contributed by atoms with Crippen molar-refractivity contribution in [2.75, 3.05) is 57.7 Å². The maximum absolute atomic E-state index is 12.9. The first-order valence-electron chi connectivity index (χ1n) is 9.73. The Morgan fingerprint density at radius 2 is 1.83 bits per heavy atom. The summed E-state index contributed by atoms with van der Waals surface area (Å²) in [6.45, 7) is 11.2. The van der Waals surface area contributed by atoms with Gasteiger partial charge in [0.05, 0.1) is 16.1 Å². The van der Waals surface area contributed by atoms with Crippen LogP contribution in [0.15, 0.2) is 30.4 Å². The Bertz CT molecular complexity index is 780. The Labute approximate surface area is 181 Å². The maximum Gasteiger partial charge on any atom is 0.321 e. The standard InChI is InChI=1S/C20H27Cl2N5O2/c1-14(2)12-25-6-5-23-18(13-25)19(28)26-7-9-27(10-8-26)20(29)24-15-3-4-16(21)17(22)11-15/h3-4,11,18,23H,1,5-10,12-13H2,2H3,(H,24,29)/t18-/m1/s1. The van der Waals surface area contributed by atoms with Gasteiger partial charge in [0.15, 0.2) is 0 Å². The zero-order chi connectivity index (χ0) is 21.0. The van der Waals surface area contributed by atoms with Gasteiger partial charge in [-0.15, -0.1) is 0 Å². The molecule has 2 aliphatic heterocycles. The first kappa shape index (κ1) is 21.9. The van der Waals surface area contributed by atoms with E-state index in [0.717, 1.165) is 25.2 Å². The molecule has 0 bridgehead atoms. The van der Waals surface area contributed by atoms with Gasteiger partial charge in [-0.25, -0.2) is 4.79 Å². The van der Waals surface area contributed by atoms with Gasteiger partial charge in [0.2, 0.25) is 5.91 Å². The van der Waals surface area contributed by atoms with E-state index in [1.54, 1.807) is 23.1 Å². The predicted molar refractivity (Wildman–Crippen MR) is 117 cm³/mol. The van der Waals surface area contributed by atoms with Crippen molar-refractivity contribution in [1.82, 2.24) is 20.0 Å². The fraction of sp³-hybridized carbons (Fsp3) is 0.500. The monoisotopic (exact) mass is 439 g/mol. The zero-order valence-electron chi connectivity index (χ0n) is 16.6. The highest BCUT2D eigenvalue weighted by Gasteiger charge is 2.31. The van der Waals surface area contributed by atoms with Gasteiger partial charge in [-0.2, -0.15) is 0 Å². The van der Waals surface area contributed by atoms with Crippen LogP contribution in [0.1, 0.15) is 6.92 Å². The molecule has 2 aliphatic rings. The molecule has 3 rings (SSSR count). The first-order chi connectivity index (χ1) is 13.8. The summed E-state index contributed by atoms with van der Waals surface area (Å²) in [5, 5.41) is 6.97. The second-order valence-electron chi connectivity index (χ2n) is 7.57. The topological polar surface area (TPSA) is 67.9 Å². The molecule has 0 unspecified atom stereocenters. The summed E-state index contributed by atoms with van der Waals surface area (Å²) in [5.41, 5.74) is 1.69. The molecule has 3 amide bonds. The van der Waals surface area contributed by atoms with Gasteiger partial charge in [0.1, 0.15) is 0 Å². The molecule has 29 heavy (non-hydrogen) atoms. The van der Waals surface area contributed by atoms with Crippen molar-refractivity contribution in [3.63, 3.8) is 0 Å². The van der Waals surface area contributed by atoms with Crippen LogP contribution in [0.25, 0.3) is 0 Å². The number of hydrogen-bond donors (Lipinski definition) is 2. The smallest absolute Gasteiger partial charge is 0.321 e. The SMILES string of the molecule is C=C(C)CN1CCN[C@@H](C(=O)N2CCN(C(=O)Nc3ccc(Cl)c(Cl)c3)CC2)C1. The van der Waals surface area contributed by atoms with E-state index >= 15 is 0 Å². The predicted octanol–water partition coefficient (Wildman–Crippen LogP) is 2.52. The number of rotatable bonds is 4. The second kappa shape index (κ2) is 9.80. The summed E-state index contributed by atoms with van der Waals surface area (Å²) in [6.07, 6.45) is 0. The molecule has 2 fully saturated rings. The summed E-state index contributed by atoms with van der Waals surface area (Å²) < 4.78 is 0. The van der Waals surface area contributed by atoms with Crippen molar-refractivity contribution < 1.29 is 9.59 Å². The molecule has 158 valence electrons.